The molecule has 0 amide bonds. The summed E-state index contributed by atoms with van der Waals surface area (Å²) in [7, 11) is 1.77. The van der Waals surface area contributed by atoms with Gasteiger partial charge >= 0.3 is 0 Å². The molecule has 1 aromatic rings. The van der Waals surface area contributed by atoms with Crippen LogP contribution in [0.4, 0.5) is 0 Å². The quantitative estimate of drug-likeness (QED) is 0.582. The molecule has 0 radical (unpaired) electrons. The van der Waals surface area contributed by atoms with Gasteiger partial charge in [-0.25, -0.2) is 0 Å². The summed E-state index contributed by atoms with van der Waals surface area (Å²) in [6.07, 6.45) is 3.09. The molecule has 4 atom stereocenters. The fourth-order valence-corrected chi connectivity index (χ4v) is 4.43. The molecule has 2 aliphatic heterocycles. The maximum absolute atomic E-state index is 12.6. The molecule has 4 heteroatoms. The SMILES string of the molecule is C[N+]1([O-])CC[C@@]23CC[C@H](O)C[C@@H]2Oc2cccc(c23)C1. The van der Waals surface area contributed by atoms with Crippen LogP contribution in [0.1, 0.15) is 36.8 Å². The second-order valence-electron chi connectivity index (χ2n) is 6.91. The Morgan fingerprint density at radius 2 is 2.25 bits per heavy atom. The summed E-state index contributed by atoms with van der Waals surface area (Å²) in [6, 6.07) is 6.09. The van der Waals surface area contributed by atoms with Gasteiger partial charge in [-0.1, -0.05) is 12.1 Å². The molecule has 4 rings (SSSR count). The van der Waals surface area contributed by atoms with Crippen LogP contribution < -0.4 is 4.74 Å². The van der Waals surface area contributed by atoms with Gasteiger partial charge in [0, 0.05) is 29.4 Å². The molecular weight excluding hydrogens is 254 g/mol. The third kappa shape index (κ3) is 1.65. The number of quaternary nitrogens is 1. The maximum atomic E-state index is 12.6. The standard InChI is InChI=1S/C16H21NO3/c1-17(19)8-7-16-6-5-12(18)9-14(16)20-13-4-2-3-11(10-17)15(13)16/h2-4,12,14,18H,5-10H2,1H3/t12-,14-,16-,17?/m0/s1. The molecule has 4 nitrogen and oxygen atoms in total. The largest absolute Gasteiger partial charge is 0.633 e. The van der Waals surface area contributed by atoms with Crippen LogP contribution in [0.3, 0.4) is 0 Å². The van der Waals surface area contributed by atoms with E-state index in [0.717, 1.165) is 30.6 Å². The van der Waals surface area contributed by atoms with Crippen LogP contribution in [-0.4, -0.2) is 35.6 Å². The summed E-state index contributed by atoms with van der Waals surface area (Å²) >= 11 is 0. The van der Waals surface area contributed by atoms with Crippen molar-refractivity contribution < 1.29 is 14.5 Å². The van der Waals surface area contributed by atoms with Gasteiger partial charge in [0.25, 0.3) is 0 Å². The Morgan fingerprint density at radius 1 is 1.40 bits per heavy atom. The number of rotatable bonds is 0. The summed E-state index contributed by atoms with van der Waals surface area (Å²) in [6.45, 7) is 1.16. The first-order chi connectivity index (χ1) is 9.50. The van der Waals surface area contributed by atoms with Crippen molar-refractivity contribution in [1.29, 1.82) is 0 Å². The number of hydroxylamine groups is 3. The van der Waals surface area contributed by atoms with Crippen molar-refractivity contribution in [2.75, 3.05) is 13.6 Å². The molecule has 1 fully saturated rings. The molecule has 2 heterocycles. The Morgan fingerprint density at radius 3 is 3.10 bits per heavy atom. The van der Waals surface area contributed by atoms with Crippen LogP contribution in [-0.2, 0) is 12.0 Å². The average molecular weight is 275 g/mol. The Balaban J connectivity index is 1.88. The lowest BCUT2D eigenvalue weighted by Gasteiger charge is -2.42. The molecule has 108 valence electrons. The number of hydrogen-bond donors (Lipinski definition) is 1. The maximum Gasteiger partial charge on any atom is 0.124 e. The minimum atomic E-state index is -0.264. The van der Waals surface area contributed by atoms with Gasteiger partial charge < -0.3 is 19.7 Å². The zero-order valence-electron chi connectivity index (χ0n) is 11.8. The topological polar surface area (TPSA) is 52.5 Å². The molecule has 1 unspecified atom stereocenters. The van der Waals surface area contributed by atoms with E-state index in [1.807, 2.05) is 12.1 Å². The summed E-state index contributed by atoms with van der Waals surface area (Å²) in [4.78, 5) is 0. The van der Waals surface area contributed by atoms with Crippen molar-refractivity contribution in [3.63, 3.8) is 0 Å². The summed E-state index contributed by atoms with van der Waals surface area (Å²) in [5.41, 5.74) is 2.39. The summed E-state index contributed by atoms with van der Waals surface area (Å²) in [5, 5.41) is 22.5. The monoisotopic (exact) mass is 275 g/mol. The van der Waals surface area contributed by atoms with E-state index in [0.29, 0.717) is 19.5 Å². The lowest BCUT2D eigenvalue weighted by atomic mass is 9.65. The highest BCUT2D eigenvalue weighted by molar-refractivity contribution is 5.51. The minimum Gasteiger partial charge on any atom is -0.633 e. The van der Waals surface area contributed by atoms with Crippen LogP contribution in [0.2, 0.25) is 0 Å². The first-order valence-electron chi connectivity index (χ1n) is 7.53. The van der Waals surface area contributed by atoms with Gasteiger partial charge in [-0.2, -0.15) is 0 Å². The summed E-state index contributed by atoms with van der Waals surface area (Å²) < 4.78 is 5.95. The second-order valence-corrected chi connectivity index (χ2v) is 6.91. The number of ether oxygens (including phenoxy) is 1. The predicted octanol–water partition coefficient (Wildman–Crippen LogP) is 2.08. The fourth-order valence-electron chi connectivity index (χ4n) is 4.43. The lowest BCUT2D eigenvalue weighted by molar-refractivity contribution is -0.874. The van der Waals surface area contributed by atoms with E-state index >= 15 is 0 Å². The molecule has 1 saturated carbocycles. The molecule has 1 aromatic carbocycles. The van der Waals surface area contributed by atoms with E-state index in [9.17, 15) is 10.3 Å². The van der Waals surface area contributed by atoms with Crippen LogP contribution in [0.5, 0.6) is 5.75 Å². The van der Waals surface area contributed by atoms with Crippen molar-refractivity contribution in [2.24, 2.45) is 0 Å². The third-order valence-corrected chi connectivity index (χ3v) is 5.44. The van der Waals surface area contributed by atoms with Crippen molar-refractivity contribution >= 4 is 0 Å². The zero-order chi connectivity index (χ0) is 14.0. The number of nitrogens with zero attached hydrogens (tertiary/aromatic N) is 1. The highest BCUT2D eigenvalue weighted by Gasteiger charge is 2.54. The van der Waals surface area contributed by atoms with Gasteiger partial charge in [0.05, 0.1) is 19.7 Å². The first kappa shape index (κ1) is 12.6. The van der Waals surface area contributed by atoms with Crippen molar-refractivity contribution in [2.45, 2.75) is 49.9 Å². The lowest BCUT2D eigenvalue weighted by Crippen LogP contribution is -2.47. The van der Waals surface area contributed by atoms with Crippen molar-refractivity contribution in [3.8, 4) is 5.75 Å². The fraction of sp³-hybridized carbons (Fsp3) is 0.625. The molecule has 1 spiro atoms. The molecule has 1 N–H and O–H groups in total. The molecular formula is C16H21NO3. The van der Waals surface area contributed by atoms with E-state index in [4.69, 9.17) is 4.74 Å². The van der Waals surface area contributed by atoms with Crippen molar-refractivity contribution in [3.05, 3.63) is 34.5 Å². The minimum absolute atomic E-state index is 0.0361. The van der Waals surface area contributed by atoms with E-state index in [2.05, 4.69) is 6.07 Å². The van der Waals surface area contributed by atoms with Crippen LogP contribution in [0.25, 0.3) is 0 Å². The molecule has 0 aromatic heterocycles. The van der Waals surface area contributed by atoms with Crippen LogP contribution in [0, 0.1) is 5.21 Å². The Labute approximate surface area is 119 Å². The normalized spacial score (nSPS) is 42.4. The van der Waals surface area contributed by atoms with Gasteiger partial charge in [-0.15, -0.1) is 0 Å². The predicted molar refractivity (Wildman–Crippen MR) is 75.1 cm³/mol. The van der Waals surface area contributed by atoms with E-state index in [1.54, 1.807) is 7.05 Å². The van der Waals surface area contributed by atoms with Gasteiger partial charge in [-0.3, -0.25) is 0 Å². The van der Waals surface area contributed by atoms with E-state index in [1.165, 1.54) is 5.56 Å². The highest BCUT2D eigenvalue weighted by Crippen LogP contribution is 2.55. The van der Waals surface area contributed by atoms with Gasteiger partial charge in [0.2, 0.25) is 0 Å². The Bertz CT molecular complexity index is 557. The van der Waals surface area contributed by atoms with Gasteiger partial charge in [-0.05, 0) is 18.9 Å². The number of hydrogen-bond acceptors (Lipinski definition) is 3. The summed E-state index contributed by atoms with van der Waals surface area (Å²) in [5.74, 6) is 0.948. The zero-order valence-corrected chi connectivity index (χ0v) is 11.8. The third-order valence-electron chi connectivity index (χ3n) is 5.44. The molecule has 20 heavy (non-hydrogen) atoms. The Kier molecular flexibility index (Phi) is 2.50. The highest BCUT2D eigenvalue weighted by atomic mass is 16.5. The molecule has 1 aliphatic carbocycles. The van der Waals surface area contributed by atoms with Gasteiger partial charge in [0.15, 0.2) is 0 Å². The van der Waals surface area contributed by atoms with E-state index < -0.39 is 0 Å². The first-order valence-corrected chi connectivity index (χ1v) is 7.53. The Hall–Kier alpha value is -1.10. The van der Waals surface area contributed by atoms with Crippen LogP contribution >= 0.6 is 0 Å². The van der Waals surface area contributed by atoms with Gasteiger partial charge in [0.1, 0.15) is 18.4 Å². The van der Waals surface area contributed by atoms with E-state index in [-0.39, 0.29) is 22.3 Å². The molecule has 3 aliphatic rings. The average Bonchev–Trinajstić information content (AvgIpc) is 2.64. The van der Waals surface area contributed by atoms with Crippen molar-refractivity contribution in [1.82, 2.24) is 0 Å². The number of aliphatic hydroxyl groups excluding tert-OH is 1. The van der Waals surface area contributed by atoms with Crippen LogP contribution in [0.15, 0.2) is 18.2 Å². The number of aliphatic hydroxyl groups is 1. The smallest absolute Gasteiger partial charge is 0.124 e. The molecule has 0 bridgehead atoms. The second kappa shape index (κ2) is 3.97. The number of benzene rings is 1. The molecule has 0 saturated heterocycles.